The van der Waals surface area contributed by atoms with E-state index in [1.54, 1.807) is 0 Å². The van der Waals surface area contributed by atoms with Crippen LogP contribution in [0.25, 0.3) is 0 Å². The molecule has 1 aliphatic rings. The Morgan fingerprint density at radius 1 is 1.07 bits per heavy atom. The second-order valence-electron chi connectivity index (χ2n) is 6.87. The molecule has 27 heavy (non-hydrogen) atoms. The van der Waals surface area contributed by atoms with Gasteiger partial charge in [0.25, 0.3) is 0 Å². The van der Waals surface area contributed by atoms with Gasteiger partial charge in [0.05, 0.1) is 0 Å². The topological polar surface area (TPSA) is 58.4 Å². The van der Waals surface area contributed by atoms with E-state index in [0.29, 0.717) is 0 Å². The van der Waals surface area contributed by atoms with Gasteiger partial charge in [-0.2, -0.15) is 0 Å². The molecule has 2 aromatic rings. The fraction of sp³-hybridized carbons (Fsp3) is 0.381. The predicted octanol–water partition coefficient (Wildman–Crippen LogP) is 3.62. The molecule has 1 saturated heterocycles. The molecule has 0 spiro atoms. The Hall–Kier alpha value is -1.59. The van der Waals surface area contributed by atoms with Crippen LogP contribution >= 0.6 is 24.8 Å². The van der Waals surface area contributed by atoms with Gasteiger partial charge in [0.2, 0.25) is 5.91 Å². The summed E-state index contributed by atoms with van der Waals surface area (Å²) in [4.78, 5) is 14.8. The highest BCUT2D eigenvalue weighted by Crippen LogP contribution is 2.17. The average molecular weight is 410 g/mol. The SMILES string of the molecule is Cc1ccccc1CN1CCC(NC(=O)C(N)c2ccccc2)CC1.Cl.Cl. The van der Waals surface area contributed by atoms with Crippen molar-refractivity contribution in [2.45, 2.75) is 38.4 Å². The Labute approximate surface area is 174 Å². The minimum atomic E-state index is -0.591. The van der Waals surface area contributed by atoms with E-state index in [-0.39, 0.29) is 36.8 Å². The van der Waals surface area contributed by atoms with Gasteiger partial charge < -0.3 is 11.1 Å². The monoisotopic (exact) mass is 409 g/mol. The van der Waals surface area contributed by atoms with E-state index in [1.165, 1.54) is 11.1 Å². The molecule has 1 fully saturated rings. The van der Waals surface area contributed by atoms with Crippen LogP contribution in [0.4, 0.5) is 0 Å². The van der Waals surface area contributed by atoms with Crippen molar-refractivity contribution < 1.29 is 4.79 Å². The molecule has 1 atom stereocenters. The van der Waals surface area contributed by atoms with Crippen molar-refractivity contribution in [1.82, 2.24) is 10.2 Å². The van der Waals surface area contributed by atoms with Crippen LogP contribution in [0, 0.1) is 6.92 Å². The molecule has 3 rings (SSSR count). The zero-order valence-electron chi connectivity index (χ0n) is 15.6. The van der Waals surface area contributed by atoms with Gasteiger partial charge in [-0.3, -0.25) is 9.69 Å². The predicted molar refractivity (Wildman–Crippen MR) is 115 cm³/mol. The summed E-state index contributed by atoms with van der Waals surface area (Å²) >= 11 is 0. The summed E-state index contributed by atoms with van der Waals surface area (Å²) in [5.74, 6) is -0.0800. The van der Waals surface area contributed by atoms with Gasteiger partial charge in [-0.25, -0.2) is 0 Å². The number of halogens is 2. The number of carbonyl (C=O) groups is 1. The van der Waals surface area contributed by atoms with Gasteiger partial charge >= 0.3 is 0 Å². The summed E-state index contributed by atoms with van der Waals surface area (Å²) in [6.07, 6.45) is 1.94. The lowest BCUT2D eigenvalue weighted by atomic mass is 10.0. The summed E-state index contributed by atoms with van der Waals surface area (Å²) in [6, 6.07) is 17.7. The number of benzene rings is 2. The van der Waals surface area contributed by atoms with Crippen LogP contribution < -0.4 is 11.1 Å². The molecule has 0 bridgehead atoms. The fourth-order valence-corrected chi connectivity index (χ4v) is 3.37. The Morgan fingerprint density at radius 3 is 2.30 bits per heavy atom. The van der Waals surface area contributed by atoms with Crippen molar-refractivity contribution in [2.24, 2.45) is 5.73 Å². The lowest BCUT2D eigenvalue weighted by Gasteiger charge is -2.33. The van der Waals surface area contributed by atoms with E-state index < -0.39 is 6.04 Å². The molecule has 3 N–H and O–H groups in total. The number of nitrogens with zero attached hydrogens (tertiary/aromatic N) is 1. The molecule has 1 amide bonds. The Bertz CT molecular complexity index is 704. The maximum Gasteiger partial charge on any atom is 0.241 e. The molecule has 4 nitrogen and oxygen atoms in total. The first-order chi connectivity index (χ1) is 12.1. The Balaban J connectivity index is 0.00000182. The van der Waals surface area contributed by atoms with Crippen LogP contribution in [-0.2, 0) is 11.3 Å². The van der Waals surface area contributed by atoms with Crippen LogP contribution in [0.15, 0.2) is 54.6 Å². The van der Waals surface area contributed by atoms with Crippen LogP contribution in [0.5, 0.6) is 0 Å². The zero-order valence-corrected chi connectivity index (χ0v) is 17.3. The molecule has 0 aromatic heterocycles. The molecule has 1 heterocycles. The third-order valence-corrected chi connectivity index (χ3v) is 5.03. The van der Waals surface area contributed by atoms with Crippen molar-refractivity contribution in [1.29, 1.82) is 0 Å². The zero-order chi connectivity index (χ0) is 17.6. The smallest absolute Gasteiger partial charge is 0.241 e. The molecule has 0 saturated carbocycles. The number of hydrogen-bond acceptors (Lipinski definition) is 3. The first kappa shape index (κ1) is 23.4. The highest BCUT2D eigenvalue weighted by atomic mass is 35.5. The van der Waals surface area contributed by atoms with Crippen molar-refractivity contribution in [2.75, 3.05) is 13.1 Å². The molecule has 1 aliphatic heterocycles. The molecule has 6 heteroatoms. The van der Waals surface area contributed by atoms with Crippen molar-refractivity contribution >= 4 is 30.7 Å². The van der Waals surface area contributed by atoms with Crippen LogP contribution in [0.1, 0.15) is 35.6 Å². The van der Waals surface area contributed by atoms with E-state index in [0.717, 1.165) is 38.0 Å². The normalized spacial score (nSPS) is 15.9. The van der Waals surface area contributed by atoms with Crippen molar-refractivity contribution in [3.63, 3.8) is 0 Å². The highest BCUT2D eigenvalue weighted by Gasteiger charge is 2.23. The van der Waals surface area contributed by atoms with Gasteiger partial charge in [-0.1, -0.05) is 54.6 Å². The highest BCUT2D eigenvalue weighted by molar-refractivity contribution is 5.85. The average Bonchev–Trinajstić information content (AvgIpc) is 2.65. The number of rotatable bonds is 5. The number of carbonyl (C=O) groups excluding carboxylic acids is 1. The summed E-state index contributed by atoms with van der Waals surface area (Å²) in [7, 11) is 0. The lowest BCUT2D eigenvalue weighted by molar-refractivity contribution is -0.123. The van der Waals surface area contributed by atoms with Gasteiger partial charge in [-0.15, -0.1) is 24.8 Å². The Morgan fingerprint density at radius 2 is 1.67 bits per heavy atom. The van der Waals surface area contributed by atoms with Gasteiger partial charge in [0, 0.05) is 25.7 Å². The third-order valence-electron chi connectivity index (χ3n) is 5.03. The molecule has 0 radical (unpaired) electrons. The summed E-state index contributed by atoms with van der Waals surface area (Å²) in [5.41, 5.74) is 9.66. The fourth-order valence-electron chi connectivity index (χ4n) is 3.37. The third kappa shape index (κ3) is 6.51. The maximum absolute atomic E-state index is 12.4. The van der Waals surface area contributed by atoms with Crippen LogP contribution in [0.2, 0.25) is 0 Å². The molecule has 0 aliphatic carbocycles. The quantitative estimate of drug-likeness (QED) is 0.792. The second kappa shape index (κ2) is 11.3. The number of amides is 1. The second-order valence-corrected chi connectivity index (χ2v) is 6.87. The number of piperidine rings is 1. The van der Waals surface area contributed by atoms with Crippen molar-refractivity contribution in [3.05, 3.63) is 71.3 Å². The minimum Gasteiger partial charge on any atom is -0.352 e. The van der Waals surface area contributed by atoms with E-state index >= 15 is 0 Å². The number of hydrogen-bond donors (Lipinski definition) is 2. The van der Waals surface area contributed by atoms with Crippen LogP contribution in [-0.4, -0.2) is 29.9 Å². The van der Waals surface area contributed by atoms with E-state index in [2.05, 4.69) is 41.4 Å². The first-order valence-corrected chi connectivity index (χ1v) is 9.01. The summed E-state index contributed by atoms with van der Waals surface area (Å²) in [6.45, 7) is 5.14. The maximum atomic E-state index is 12.4. The number of aryl methyl sites for hydroxylation is 1. The summed E-state index contributed by atoms with van der Waals surface area (Å²) in [5, 5.41) is 3.12. The molecule has 2 aromatic carbocycles. The minimum absolute atomic E-state index is 0. The summed E-state index contributed by atoms with van der Waals surface area (Å²) < 4.78 is 0. The number of nitrogens with two attached hydrogens (primary N) is 1. The van der Waals surface area contributed by atoms with Gasteiger partial charge in [0.1, 0.15) is 6.04 Å². The molecular weight excluding hydrogens is 381 g/mol. The number of likely N-dealkylation sites (tertiary alicyclic amines) is 1. The van der Waals surface area contributed by atoms with Gasteiger partial charge in [0.15, 0.2) is 0 Å². The molecular formula is C21H29Cl2N3O. The van der Waals surface area contributed by atoms with E-state index in [9.17, 15) is 4.79 Å². The lowest BCUT2D eigenvalue weighted by Crippen LogP contribution is -2.46. The number of nitrogens with one attached hydrogen (secondary N) is 1. The van der Waals surface area contributed by atoms with E-state index in [1.807, 2.05) is 30.3 Å². The van der Waals surface area contributed by atoms with Crippen molar-refractivity contribution in [3.8, 4) is 0 Å². The first-order valence-electron chi connectivity index (χ1n) is 9.01. The van der Waals surface area contributed by atoms with Crippen LogP contribution in [0.3, 0.4) is 0 Å². The molecule has 148 valence electrons. The Kier molecular flexibility index (Phi) is 9.81. The largest absolute Gasteiger partial charge is 0.352 e. The standard InChI is InChI=1S/C21H27N3O.2ClH/c1-16-7-5-6-10-18(16)15-24-13-11-19(12-14-24)23-21(25)20(22)17-8-3-2-4-9-17;;/h2-10,19-20H,11-15,22H2,1H3,(H,23,25);2*1H. The van der Waals surface area contributed by atoms with E-state index in [4.69, 9.17) is 5.73 Å². The molecule has 1 unspecified atom stereocenters. The van der Waals surface area contributed by atoms with Gasteiger partial charge in [-0.05, 0) is 36.5 Å².